The molecule has 0 N–H and O–H groups in total. The van der Waals surface area contributed by atoms with Crippen LogP contribution >= 0.6 is 23.2 Å². The minimum Gasteiger partial charge on any atom is -0.225 e. The summed E-state index contributed by atoms with van der Waals surface area (Å²) in [4.78, 5) is 0. The van der Waals surface area contributed by atoms with Crippen molar-refractivity contribution in [3.05, 3.63) is 39.6 Å². The molecule has 2 aromatic rings. The summed E-state index contributed by atoms with van der Waals surface area (Å²) in [5, 5.41) is 12.9. The minimum atomic E-state index is -0.0975. The first-order valence-corrected chi connectivity index (χ1v) is 6.34. The summed E-state index contributed by atoms with van der Waals surface area (Å²) >= 11 is 11.9. The summed E-state index contributed by atoms with van der Waals surface area (Å²) < 4.78 is 1.78. The molecule has 0 radical (unpaired) electrons. The molecule has 0 aliphatic heterocycles. The summed E-state index contributed by atoms with van der Waals surface area (Å²) in [5.41, 5.74) is 0.918. The monoisotopic (exact) mass is 284 g/mol. The Hall–Kier alpha value is -1.13. The van der Waals surface area contributed by atoms with Gasteiger partial charge in [-0.15, -0.1) is 5.10 Å². The van der Waals surface area contributed by atoms with Crippen LogP contribution in [0.1, 0.15) is 32.2 Å². The zero-order chi connectivity index (χ0) is 13.3. The summed E-state index contributed by atoms with van der Waals surface area (Å²) in [6.07, 6.45) is 0. The second kappa shape index (κ2) is 4.86. The molecular formula is C12H14Cl2N4. The van der Waals surface area contributed by atoms with E-state index in [1.54, 1.807) is 10.7 Å². The van der Waals surface area contributed by atoms with Gasteiger partial charge < -0.3 is 0 Å². The van der Waals surface area contributed by atoms with Crippen LogP contribution in [0.25, 0.3) is 0 Å². The number of tetrazole rings is 1. The van der Waals surface area contributed by atoms with Crippen molar-refractivity contribution in [3.8, 4) is 0 Å². The van der Waals surface area contributed by atoms with Crippen LogP contribution in [0.2, 0.25) is 10.0 Å². The number of halogens is 2. The Morgan fingerprint density at radius 2 is 1.89 bits per heavy atom. The maximum Gasteiger partial charge on any atom is 0.156 e. The Bertz CT molecular complexity index is 557. The van der Waals surface area contributed by atoms with Crippen molar-refractivity contribution in [2.45, 2.75) is 32.7 Å². The smallest absolute Gasteiger partial charge is 0.156 e. The highest BCUT2D eigenvalue weighted by Crippen LogP contribution is 2.24. The van der Waals surface area contributed by atoms with Crippen molar-refractivity contribution >= 4 is 23.2 Å². The van der Waals surface area contributed by atoms with Crippen molar-refractivity contribution < 1.29 is 0 Å². The van der Waals surface area contributed by atoms with Crippen molar-refractivity contribution in [2.75, 3.05) is 0 Å². The van der Waals surface area contributed by atoms with E-state index in [0.29, 0.717) is 16.6 Å². The maximum atomic E-state index is 5.99. The molecule has 0 saturated heterocycles. The third-order valence-electron chi connectivity index (χ3n) is 2.52. The Morgan fingerprint density at radius 1 is 1.17 bits per heavy atom. The van der Waals surface area contributed by atoms with Crippen LogP contribution in [-0.4, -0.2) is 20.2 Å². The van der Waals surface area contributed by atoms with Crippen molar-refractivity contribution in [1.82, 2.24) is 20.2 Å². The molecule has 1 heterocycles. The molecule has 0 aliphatic rings. The number of hydrogen-bond donors (Lipinski definition) is 0. The first-order chi connectivity index (χ1) is 8.38. The fraction of sp³-hybridized carbons (Fsp3) is 0.417. The molecule has 2 rings (SSSR count). The highest BCUT2D eigenvalue weighted by Gasteiger charge is 2.21. The third-order valence-corrected chi connectivity index (χ3v) is 3.26. The number of nitrogens with zero attached hydrogens (tertiary/aromatic N) is 4. The van der Waals surface area contributed by atoms with Gasteiger partial charge in [0.05, 0.1) is 16.6 Å². The van der Waals surface area contributed by atoms with E-state index in [1.807, 2.05) is 12.1 Å². The maximum absolute atomic E-state index is 5.99. The molecule has 0 saturated carbocycles. The van der Waals surface area contributed by atoms with Crippen LogP contribution < -0.4 is 0 Å². The number of benzene rings is 1. The molecule has 0 aliphatic carbocycles. The summed E-state index contributed by atoms with van der Waals surface area (Å²) in [6, 6.07) is 5.53. The zero-order valence-electron chi connectivity index (χ0n) is 10.5. The van der Waals surface area contributed by atoms with Gasteiger partial charge in [-0.3, -0.25) is 0 Å². The van der Waals surface area contributed by atoms with Gasteiger partial charge in [0.15, 0.2) is 5.82 Å². The molecular weight excluding hydrogens is 271 g/mol. The highest BCUT2D eigenvalue weighted by molar-refractivity contribution is 6.42. The van der Waals surface area contributed by atoms with Gasteiger partial charge in [0, 0.05) is 5.41 Å². The summed E-state index contributed by atoms with van der Waals surface area (Å²) in [6.45, 7) is 6.80. The second-order valence-electron chi connectivity index (χ2n) is 5.16. The lowest BCUT2D eigenvalue weighted by Crippen LogP contribution is -2.20. The standard InChI is InChI=1S/C12H14Cl2N4/c1-12(2,3)11-15-16-17-18(11)7-8-4-5-9(13)10(14)6-8/h4-6H,7H2,1-3H3. The second-order valence-corrected chi connectivity index (χ2v) is 5.97. The van der Waals surface area contributed by atoms with Gasteiger partial charge in [0.25, 0.3) is 0 Å². The van der Waals surface area contributed by atoms with E-state index in [4.69, 9.17) is 23.2 Å². The summed E-state index contributed by atoms with van der Waals surface area (Å²) in [7, 11) is 0. The lowest BCUT2D eigenvalue weighted by molar-refractivity contribution is 0.490. The summed E-state index contributed by atoms with van der Waals surface area (Å²) in [5.74, 6) is 0.841. The normalized spacial score (nSPS) is 11.8. The number of rotatable bonds is 2. The average Bonchev–Trinajstić information content (AvgIpc) is 2.71. The van der Waals surface area contributed by atoms with Crippen molar-refractivity contribution in [2.24, 2.45) is 0 Å². The third kappa shape index (κ3) is 2.82. The van der Waals surface area contributed by atoms with Gasteiger partial charge in [-0.25, -0.2) is 4.68 Å². The highest BCUT2D eigenvalue weighted by atomic mass is 35.5. The van der Waals surface area contributed by atoms with Crippen LogP contribution in [0, 0.1) is 0 Å². The van der Waals surface area contributed by atoms with Gasteiger partial charge in [-0.2, -0.15) is 0 Å². The van der Waals surface area contributed by atoms with E-state index in [0.717, 1.165) is 11.4 Å². The van der Waals surface area contributed by atoms with Crippen molar-refractivity contribution in [3.63, 3.8) is 0 Å². The van der Waals surface area contributed by atoms with E-state index >= 15 is 0 Å². The van der Waals surface area contributed by atoms with Crippen LogP contribution in [0.4, 0.5) is 0 Å². The molecule has 6 heteroatoms. The lowest BCUT2D eigenvalue weighted by Gasteiger charge is -2.17. The molecule has 0 atom stereocenters. The number of hydrogen-bond acceptors (Lipinski definition) is 3. The van der Waals surface area contributed by atoms with Crippen LogP contribution in [-0.2, 0) is 12.0 Å². The number of aromatic nitrogens is 4. The molecule has 96 valence electrons. The zero-order valence-corrected chi connectivity index (χ0v) is 12.0. The van der Waals surface area contributed by atoms with E-state index < -0.39 is 0 Å². The average molecular weight is 285 g/mol. The largest absolute Gasteiger partial charge is 0.225 e. The van der Waals surface area contributed by atoms with E-state index in [-0.39, 0.29) is 5.41 Å². The Morgan fingerprint density at radius 3 is 2.50 bits per heavy atom. The van der Waals surface area contributed by atoms with E-state index in [2.05, 4.69) is 36.3 Å². The molecule has 0 fully saturated rings. The van der Waals surface area contributed by atoms with Crippen LogP contribution in [0.5, 0.6) is 0 Å². The Kier molecular flexibility index (Phi) is 3.59. The quantitative estimate of drug-likeness (QED) is 0.850. The topological polar surface area (TPSA) is 43.6 Å². The molecule has 0 unspecified atom stereocenters. The fourth-order valence-corrected chi connectivity index (χ4v) is 1.98. The fourth-order valence-electron chi connectivity index (χ4n) is 1.66. The first-order valence-electron chi connectivity index (χ1n) is 5.58. The van der Waals surface area contributed by atoms with E-state index in [9.17, 15) is 0 Å². The Balaban J connectivity index is 2.29. The van der Waals surface area contributed by atoms with Crippen LogP contribution in [0.15, 0.2) is 18.2 Å². The molecule has 0 amide bonds. The Labute approximate surface area is 116 Å². The molecule has 0 spiro atoms. The van der Waals surface area contributed by atoms with Gasteiger partial charge in [-0.1, -0.05) is 50.0 Å². The predicted molar refractivity (Wildman–Crippen MR) is 72.1 cm³/mol. The molecule has 1 aromatic heterocycles. The van der Waals surface area contributed by atoms with Gasteiger partial charge in [0.2, 0.25) is 0 Å². The lowest BCUT2D eigenvalue weighted by atomic mass is 9.96. The van der Waals surface area contributed by atoms with Gasteiger partial charge in [-0.05, 0) is 28.1 Å². The van der Waals surface area contributed by atoms with Crippen LogP contribution in [0.3, 0.4) is 0 Å². The van der Waals surface area contributed by atoms with E-state index in [1.165, 1.54) is 0 Å². The predicted octanol–water partition coefficient (Wildman–Crippen LogP) is 3.33. The minimum absolute atomic E-state index is 0.0975. The van der Waals surface area contributed by atoms with Gasteiger partial charge in [0.1, 0.15) is 0 Å². The molecule has 4 nitrogen and oxygen atoms in total. The van der Waals surface area contributed by atoms with Crippen molar-refractivity contribution in [1.29, 1.82) is 0 Å². The first kappa shape index (κ1) is 13.3. The molecule has 1 aromatic carbocycles. The van der Waals surface area contributed by atoms with Gasteiger partial charge >= 0.3 is 0 Å². The molecule has 18 heavy (non-hydrogen) atoms. The molecule has 0 bridgehead atoms. The SMILES string of the molecule is CC(C)(C)c1nnnn1Cc1ccc(Cl)c(Cl)c1.